The summed E-state index contributed by atoms with van der Waals surface area (Å²) in [5.41, 5.74) is 1.59. The highest BCUT2D eigenvalue weighted by Crippen LogP contribution is 2.23. The molecule has 4 heteroatoms. The molecule has 0 fully saturated rings. The molecule has 0 amide bonds. The predicted molar refractivity (Wildman–Crippen MR) is 70.2 cm³/mol. The van der Waals surface area contributed by atoms with E-state index in [0.717, 1.165) is 5.56 Å². The summed E-state index contributed by atoms with van der Waals surface area (Å²) in [6.07, 6.45) is 0. The number of anilines is 1. The van der Waals surface area contributed by atoms with Crippen LogP contribution in [0.2, 0.25) is 10.0 Å². The molecule has 0 heterocycles. The second-order valence-electron chi connectivity index (χ2n) is 3.61. The quantitative estimate of drug-likeness (QED) is 0.849. The Morgan fingerprint density at radius 3 is 2.65 bits per heavy atom. The minimum atomic E-state index is -0.317. The van der Waals surface area contributed by atoms with Crippen molar-refractivity contribution in [3.8, 4) is 0 Å². The molecule has 2 aromatic rings. The zero-order valence-corrected chi connectivity index (χ0v) is 10.4. The normalized spacial score (nSPS) is 10.3. The Kier molecular flexibility index (Phi) is 3.87. The standard InChI is InChI=1S/C13H10Cl2FN/c14-10-3-1-2-9(6-10)8-17-13-7-11(16)4-5-12(13)15/h1-7,17H,8H2. The number of hydrogen-bond donors (Lipinski definition) is 1. The van der Waals surface area contributed by atoms with Crippen molar-refractivity contribution in [1.29, 1.82) is 0 Å². The molecule has 0 spiro atoms. The highest BCUT2D eigenvalue weighted by molar-refractivity contribution is 6.33. The highest BCUT2D eigenvalue weighted by atomic mass is 35.5. The van der Waals surface area contributed by atoms with Crippen molar-refractivity contribution in [2.45, 2.75) is 6.54 Å². The van der Waals surface area contributed by atoms with Gasteiger partial charge in [0.15, 0.2) is 0 Å². The molecule has 0 unspecified atom stereocenters. The van der Waals surface area contributed by atoms with Crippen LogP contribution in [-0.2, 0) is 6.54 Å². The van der Waals surface area contributed by atoms with Crippen LogP contribution in [0.25, 0.3) is 0 Å². The van der Waals surface area contributed by atoms with Gasteiger partial charge in [0, 0.05) is 11.6 Å². The van der Waals surface area contributed by atoms with E-state index in [9.17, 15) is 4.39 Å². The van der Waals surface area contributed by atoms with Crippen LogP contribution in [0.15, 0.2) is 42.5 Å². The summed E-state index contributed by atoms with van der Waals surface area (Å²) in [6.45, 7) is 0.545. The Hall–Kier alpha value is -1.25. The summed E-state index contributed by atoms with van der Waals surface area (Å²) >= 11 is 11.8. The number of nitrogens with one attached hydrogen (secondary N) is 1. The topological polar surface area (TPSA) is 12.0 Å². The van der Waals surface area contributed by atoms with Gasteiger partial charge < -0.3 is 5.32 Å². The van der Waals surface area contributed by atoms with E-state index in [1.165, 1.54) is 18.2 Å². The van der Waals surface area contributed by atoms with E-state index in [0.29, 0.717) is 22.3 Å². The van der Waals surface area contributed by atoms with Crippen molar-refractivity contribution in [2.24, 2.45) is 0 Å². The highest BCUT2D eigenvalue weighted by Gasteiger charge is 2.02. The largest absolute Gasteiger partial charge is 0.380 e. The summed E-state index contributed by atoms with van der Waals surface area (Å²) in [6, 6.07) is 11.7. The Labute approximate surface area is 109 Å². The molecule has 0 aliphatic rings. The third kappa shape index (κ3) is 3.35. The molecule has 0 bridgehead atoms. The molecule has 0 aliphatic carbocycles. The van der Waals surface area contributed by atoms with Crippen molar-refractivity contribution in [2.75, 3.05) is 5.32 Å². The molecule has 17 heavy (non-hydrogen) atoms. The summed E-state index contributed by atoms with van der Waals surface area (Å²) < 4.78 is 13.0. The number of halogens is 3. The fourth-order valence-electron chi connectivity index (χ4n) is 1.48. The van der Waals surface area contributed by atoms with Gasteiger partial charge in [-0.3, -0.25) is 0 Å². The fraction of sp³-hybridized carbons (Fsp3) is 0.0769. The van der Waals surface area contributed by atoms with Gasteiger partial charge in [0.2, 0.25) is 0 Å². The van der Waals surface area contributed by atoms with Crippen LogP contribution in [-0.4, -0.2) is 0 Å². The van der Waals surface area contributed by atoms with Gasteiger partial charge in [-0.1, -0.05) is 35.3 Å². The number of hydrogen-bond acceptors (Lipinski definition) is 1. The lowest BCUT2D eigenvalue weighted by Gasteiger charge is -2.08. The van der Waals surface area contributed by atoms with Crippen LogP contribution in [0.4, 0.5) is 10.1 Å². The molecule has 0 aliphatic heterocycles. The van der Waals surface area contributed by atoms with Gasteiger partial charge in [-0.05, 0) is 35.9 Å². The van der Waals surface area contributed by atoms with Gasteiger partial charge in [0.05, 0.1) is 10.7 Å². The average molecular weight is 270 g/mol. The smallest absolute Gasteiger partial charge is 0.125 e. The lowest BCUT2D eigenvalue weighted by molar-refractivity contribution is 0.628. The molecule has 88 valence electrons. The Morgan fingerprint density at radius 1 is 1.06 bits per heavy atom. The van der Waals surface area contributed by atoms with Crippen LogP contribution in [0.1, 0.15) is 5.56 Å². The van der Waals surface area contributed by atoms with Gasteiger partial charge >= 0.3 is 0 Å². The molecule has 1 N–H and O–H groups in total. The van der Waals surface area contributed by atoms with Crippen LogP contribution in [0.5, 0.6) is 0 Å². The van der Waals surface area contributed by atoms with Gasteiger partial charge in [-0.15, -0.1) is 0 Å². The van der Waals surface area contributed by atoms with Crippen molar-refractivity contribution in [1.82, 2.24) is 0 Å². The zero-order chi connectivity index (χ0) is 12.3. The van der Waals surface area contributed by atoms with Gasteiger partial charge in [-0.25, -0.2) is 4.39 Å². The molecule has 0 radical (unpaired) electrons. The van der Waals surface area contributed by atoms with E-state index in [4.69, 9.17) is 23.2 Å². The first kappa shape index (κ1) is 12.2. The van der Waals surface area contributed by atoms with Crippen LogP contribution >= 0.6 is 23.2 Å². The van der Waals surface area contributed by atoms with Crippen molar-refractivity contribution in [3.63, 3.8) is 0 Å². The monoisotopic (exact) mass is 269 g/mol. The maximum atomic E-state index is 13.0. The molecule has 2 rings (SSSR count). The van der Waals surface area contributed by atoms with Crippen molar-refractivity contribution in [3.05, 3.63) is 63.9 Å². The molecular formula is C13H10Cl2FN. The summed E-state index contributed by atoms with van der Waals surface area (Å²) in [4.78, 5) is 0. The van der Waals surface area contributed by atoms with E-state index < -0.39 is 0 Å². The number of rotatable bonds is 3. The lowest BCUT2D eigenvalue weighted by Crippen LogP contribution is -2.00. The van der Waals surface area contributed by atoms with E-state index in [2.05, 4.69) is 5.32 Å². The first-order valence-electron chi connectivity index (χ1n) is 5.08. The maximum Gasteiger partial charge on any atom is 0.125 e. The van der Waals surface area contributed by atoms with E-state index in [-0.39, 0.29) is 5.82 Å². The molecule has 1 nitrogen and oxygen atoms in total. The predicted octanol–water partition coefficient (Wildman–Crippen LogP) is 4.74. The fourth-order valence-corrected chi connectivity index (χ4v) is 1.87. The molecule has 0 saturated heterocycles. The summed E-state index contributed by atoms with van der Waals surface area (Å²) in [5, 5.41) is 4.24. The number of benzene rings is 2. The third-order valence-corrected chi connectivity index (χ3v) is 2.87. The molecule has 0 aromatic heterocycles. The minimum absolute atomic E-state index is 0.317. The van der Waals surface area contributed by atoms with Gasteiger partial charge in [-0.2, -0.15) is 0 Å². The van der Waals surface area contributed by atoms with E-state index in [1.807, 2.05) is 18.2 Å². The molecule has 0 saturated carbocycles. The Bertz CT molecular complexity index is 529. The molecule has 2 aromatic carbocycles. The van der Waals surface area contributed by atoms with Gasteiger partial charge in [0.25, 0.3) is 0 Å². The van der Waals surface area contributed by atoms with E-state index >= 15 is 0 Å². The third-order valence-electron chi connectivity index (χ3n) is 2.30. The molecular weight excluding hydrogens is 260 g/mol. The van der Waals surface area contributed by atoms with Crippen LogP contribution in [0.3, 0.4) is 0 Å². The van der Waals surface area contributed by atoms with Crippen LogP contribution < -0.4 is 5.32 Å². The Morgan fingerprint density at radius 2 is 1.88 bits per heavy atom. The first-order chi connectivity index (χ1) is 8.15. The SMILES string of the molecule is Fc1ccc(Cl)c(NCc2cccc(Cl)c2)c1. The average Bonchev–Trinajstić information content (AvgIpc) is 2.30. The van der Waals surface area contributed by atoms with Crippen molar-refractivity contribution >= 4 is 28.9 Å². The summed E-state index contributed by atoms with van der Waals surface area (Å²) in [5.74, 6) is -0.317. The van der Waals surface area contributed by atoms with E-state index in [1.54, 1.807) is 6.07 Å². The van der Waals surface area contributed by atoms with Crippen LogP contribution in [0, 0.1) is 5.82 Å². The minimum Gasteiger partial charge on any atom is -0.380 e. The first-order valence-corrected chi connectivity index (χ1v) is 5.84. The summed E-state index contributed by atoms with van der Waals surface area (Å²) in [7, 11) is 0. The molecule has 0 atom stereocenters. The zero-order valence-electron chi connectivity index (χ0n) is 8.88. The Balaban J connectivity index is 2.09. The van der Waals surface area contributed by atoms with Gasteiger partial charge in [0.1, 0.15) is 5.82 Å². The maximum absolute atomic E-state index is 13.0. The second-order valence-corrected chi connectivity index (χ2v) is 4.45. The second kappa shape index (κ2) is 5.39. The lowest BCUT2D eigenvalue weighted by atomic mass is 10.2. The van der Waals surface area contributed by atoms with Crippen molar-refractivity contribution < 1.29 is 4.39 Å².